The molecule has 0 fully saturated rings. The molecule has 1 N–H and O–H groups in total. The van der Waals surface area contributed by atoms with Crippen molar-refractivity contribution >= 4 is 16.7 Å². The molecule has 0 unspecified atom stereocenters. The predicted molar refractivity (Wildman–Crippen MR) is 105 cm³/mol. The number of aromatic nitrogens is 2. The molecule has 1 aromatic heterocycles. The number of nitrogens with one attached hydrogen (secondary N) is 1. The Labute approximate surface area is 148 Å². The van der Waals surface area contributed by atoms with E-state index >= 15 is 0 Å². The van der Waals surface area contributed by atoms with Crippen molar-refractivity contribution in [2.24, 2.45) is 0 Å². The van der Waals surface area contributed by atoms with Gasteiger partial charge >= 0.3 is 0 Å². The van der Waals surface area contributed by atoms with Crippen LogP contribution in [0.15, 0.2) is 66.2 Å². The summed E-state index contributed by atoms with van der Waals surface area (Å²) in [5.41, 5.74) is 3.61. The highest BCUT2D eigenvalue weighted by Crippen LogP contribution is 2.25. The van der Waals surface area contributed by atoms with Crippen LogP contribution in [0.25, 0.3) is 22.3 Å². The Balaban J connectivity index is 1.61. The molecule has 1 heterocycles. The van der Waals surface area contributed by atoms with Crippen LogP contribution in [0.1, 0.15) is 32.1 Å². The van der Waals surface area contributed by atoms with Crippen molar-refractivity contribution in [3.05, 3.63) is 66.2 Å². The maximum absolute atomic E-state index is 4.81. The van der Waals surface area contributed by atoms with Gasteiger partial charge in [-0.2, -0.15) is 0 Å². The summed E-state index contributed by atoms with van der Waals surface area (Å²) >= 11 is 0. The Bertz CT molecular complexity index is 884. The minimum atomic E-state index is 0.777. The Hall–Kier alpha value is -2.68. The molecule has 3 aromatic rings. The molecule has 1 aliphatic carbocycles. The molecule has 2 aromatic carbocycles. The third kappa shape index (κ3) is 3.71. The van der Waals surface area contributed by atoms with Crippen molar-refractivity contribution in [2.75, 3.05) is 11.9 Å². The Kier molecular flexibility index (Phi) is 4.73. The van der Waals surface area contributed by atoms with E-state index in [-0.39, 0.29) is 0 Å². The maximum atomic E-state index is 4.81. The molecule has 3 heteroatoms. The highest BCUT2D eigenvalue weighted by atomic mass is 15.0. The van der Waals surface area contributed by atoms with Gasteiger partial charge in [0.05, 0.1) is 5.52 Å². The molecule has 1 aliphatic rings. The Morgan fingerprint density at radius 2 is 1.72 bits per heavy atom. The molecule has 0 amide bonds. The topological polar surface area (TPSA) is 37.8 Å². The van der Waals surface area contributed by atoms with Crippen LogP contribution in [0, 0.1) is 0 Å². The lowest BCUT2D eigenvalue weighted by Crippen LogP contribution is -2.07. The second kappa shape index (κ2) is 7.47. The van der Waals surface area contributed by atoms with E-state index in [1.54, 1.807) is 5.57 Å². The first-order valence-corrected chi connectivity index (χ1v) is 9.14. The van der Waals surface area contributed by atoms with Gasteiger partial charge in [-0.15, -0.1) is 0 Å². The molecule has 0 saturated carbocycles. The van der Waals surface area contributed by atoms with Crippen LogP contribution in [-0.2, 0) is 0 Å². The average Bonchev–Trinajstić information content (AvgIpc) is 2.69. The molecule has 3 nitrogen and oxygen atoms in total. The Morgan fingerprint density at radius 1 is 0.880 bits per heavy atom. The van der Waals surface area contributed by atoms with E-state index in [1.807, 2.05) is 30.3 Å². The van der Waals surface area contributed by atoms with E-state index in [0.717, 1.165) is 41.1 Å². The summed E-state index contributed by atoms with van der Waals surface area (Å²) in [5.74, 6) is 1.71. The first-order chi connectivity index (χ1) is 12.4. The van der Waals surface area contributed by atoms with Gasteiger partial charge in [-0.25, -0.2) is 9.97 Å². The highest BCUT2D eigenvalue weighted by molar-refractivity contribution is 5.90. The van der Waals surface area contributed by atoms with Crippen molar-refractivity contribution < 1.29 is 0 Å². The quantitative estimate of drug-likeness (QED) is 0.619. The molecule has 0 spiro atoms. The third-order valence-corrected chi connectivity index (χ3v) is 4.76. The summed E-state index contributed by atoms with van der Waals surface area (Å²) < 4.78 is 0. The molecule has 0 radical (unpaired) electrons. The second-order valence-corrected chi connectivity index (χ2v) is 6.56. The first kappa shape index (κ1) is 15.8. The van der Waals surface area contributed by atoms with Crippen LogP contribution in [0.2, 0.25) is 0 Å². The van der Waals surface area contributed by atoms with Crippen molar-refractivity contribution in [2.45, 2.75) is 32.1 Å². The minimum Gasteiger partial charge on any atom is -0.369 e. The van der Waals surface area contributed by atoms with Crippen molar-refractivity contribution in [1.82, 2.24) is 9.97 Å². The predicted octanol–water partition coefficient (Wildman–Crippen LogP) is 5.60. The van der Waals surface area contributed by atoms with E-state index in [0.29, 0.717) is 0 Å². The smallest absolute Gasteiger partial charge is 0.162 e. The zero-order valence-corrected chi connectivity index (χ0v) is 14.4. The van der Waals surface area contributed by atoms with Crippen LogP contribution in [0.3, 0.4) is 0 Å². The largest absolute Gasteiger partial charge is 0.369 e. The average molecular weight is 329 g/mol. The lowest BCUT2D eigenvalue weighted by molar-refractivity contribution is 0.679. The van der Waals surface area contributed by atoms with Crippen molar-refractivity contribution in [1.29, 1.82) is 0 Å². The molecule has 0 saturated heterocycles. The van der Waals surface area contributed by atoms with E-state index in [9.17, 15) is 0 Å². The van der Waals surface area contributed by atoms with Gasteiger partial charge in [-0.05, 0) is 44.2 Å². The zero-order chi connectivity index (χ0) is 16.9. The Morgan fingerprint density at radius 3 is 2.56 bits per heavy atom. The fraction of sp³-hybridized carbons (Fsp3) is 0.273. The molecular formula is C22H23N3. The summed E-state index contributed by atoms with van der Waals surface area (Å²) in [6.45, 7) is 0.918. The van der Waals surface area contributed by atoms with Gasteiger partial charge in [-0.1, -0.05) is 54.1 Å². The molecule has 0 aliphatic heterocycles. The molecule has 0 atom stereocenters. The van der Waals surface area contributed by atoms with Gasteiger partial charge in [-0.3, -0.25) is 0 Å². The summed E-state index contributed by atoms with van der Waals surface area (Å²) in [6, 6.07) is 18.4. The normalized spacial score (nSPS) is 14.3. The molecule has 25 heavy (non-hydrogen) atoms. The standard InChI is InChI=1S/C22H23N3/c1-3-9-17(10-4-1)15-16-23-22-19-13-7-8-14-20(19)24-21(25-22)18-11-5-2-6-12-18/h2,5-9,11-14H,1,3-4,10,15-16H2,(H,23,24,25). The molecule has 0 bridgehead atoms. The van der Waals surface area contributed by atoms with E-state index in [2.05, 4.69) is 35.7 Å². The SMILES string of the molecule is C1=C(CCNc2nc(-c3ccccc3)nc3ccccc23)CCCC1. The van der Waals surface area contributed by atoms with Gasteiger partial charge in [0.25, 0.3) is 0 Å². The molecule has 4 rings (SSSR count). The lowest BCUT2D eigenvalue weighted by atomic mass is 9.97. The number of fused-ring (bicyclic) bond motifs is 1. The number of anilines is 1. The van der Waals surface area contributed by atoms with Crippen LogP contribution in [0.5, 0.6) is 0 Å². The lowest BCUT2D eigenvalue weighted by Gasteiger charge is -2.14. The monoisotopic (exact) mass is 329 g/mol. The summed E-state index contributed by atoms with van der Waals surface area (Å²) in [5, 5.41) is 4.64. The first-order valence-electron chi connectivity index (χ1n) is 9.14. The van der Waals surface area contributed by atoms with Gasteiger partial charge < -0.3 is 5.32 Å². The van der Waals surface area contributed by atoms with Crippen molar-refractivity contribution in [3.8, 4) is 11.4 Å². The van der Waals surface area contributed by atoms with Gasteiger partial charge in [0.1, 0.15) is 5.82 Å². The number of nitrogens with zero attached hydrogens (tertiary/aromatic N) is 2. The number of allylic oxidation sites excluding steroid dienone is 1. The number of benzene rings is 2. The van der Waals surface area contributed by atoms with Gasteiger partial charge in [0.15, 0.2) is 5.82 Å². The fourth-order valence-corrected chi connectivity index (χ4v) is 3.40. The van der Waals surface area contributed by atoms with Crippen LogP contribution in [-0.4, -0.2) is 16.5 Å². The van der Waals surface area contributed by atoms with Gasteiger partial charge in [0, 0.05) is 17.5 Å². The summed E-state index contributed by atoms with van der Waals surface area (Å²) in [6.07, 6.45) is 8.68. The number of para-hydroxylation sites is 1. The number of rotatable bonds is 5. The minimum absolute atomic E-state index is 0.777. The number of hydrogen-bond donors (Lipinski definition) is 1. The molecular weight excluding hydrogens is 306 g/mol. The van der Waals surface area contributed by atoms with Crippen molar-refractivity contribution in [3.63, 3.8) is 0 Å². The third-order valence-electron chi connectivity index (χ3n) is 4.76. The van der Waals surface area contributed by atoms with Crippen LogP contribution >= 0.6 is 0 Å². The van der Waals surface area contributed by atoms with Crippen LogP contribution in [0.4, 0.5) is 5.82 Å². The van der Waals surface area contributed by atoms with Crippen LogP contribution < -0.4 is 5.32 Å². The van der Waals surface area contributed by atoms with E-state index in [4.69, 9.17) is 9.97 Å². The maximum Gasteiger partial charge on any atom is 0.162 e. The van der Waals surface area contributed by atoms with E-state index in [1.165, 1.54) is 25.7 Å². The van der Waals surface area contributed by atoms with E-state index < -0.39 is 0 Å². The zero-order valence-electron chi connectivity index (χ0n) is 14.4. The number of hydrogen-bond acceptors (Lipinski definition) is 3. The molecule has 126 valence electrons. The summed E-state index contributed by atoms with van der Waals surface area (Å²) in [4.78, 5) is 9.55. The fourth-order valence-electron chi connectivity index (χ4n) is 3.40. The highest BCUT2D eigenvalue weighted by Gasteiger charge is 2.09. The second-order valence-electron chi connectivity index (χ2n) is 6.56. The summed E-state index contributed by atoms with van der Waals surface area (Å²) in [7, 11) is 0. The van der Waals surface area contributed by atoms with Gasteiger partial charge in [0.2, 0.25) is 0 Å².